The zero-order chi connectivity index (χ0) is 13.8. The fourth-order valence-corrected chi connectivity index (χ4v) is 3.13. The van der Waals surface area contributed by atoms with Crippen LogP contribution in [0.1, 0.15) is 38.2 Å². The van der Waals surface area contributed by atoms with E-state index >= 15 is 0 Å². The Balaban J connectivity index is 2.25. The summed E-state index contributed by atoms with van der Waals surface area (Å²) in [6, 6.07) is 5.77. The zero-order valence-corrected chi connectivity index (χ0v) is 12.9. The first-order chi connectivity index (χ1) is 9.11. The van der Waals surface area contributed by atoms with Crippen LogP contribution in [0.4, 0.5) is 5.69 Å². The molecule has 0 aromatic heterocycles. The average Bonchev–Trinajstić information content (AvgIpc) is 2.63. The molecule has 1 heterocycles. The third-order valence-corrected chi connectivity index (χ3v) is 4.45. The van der Waals surface area contributed by atoms with E-state index in [1.165, 1.54) is 25.7 Å². The van der Waals surface area contributed by atoms with Gasteiger partial charge in [0.1, 0.15) is 4.99 Å². The zero-order valence-electron chi connectivity index (χ0n) is 11.4. The van der Waals surface area contributed by atoms with E-state index in [2.05, 4.69) is 11.8 Å². The Morgan fingerprint density at radius 3 is 2.89 bits per heavy atom. The van der Waals surface area contributed by atoms with Gasteiger partial charge in [0.05, 0.1) is 0 Å². The molecule has 104 valence electrons. The van der Waals surface area contributed by atoms with Gasteiger partial charge in [0.2, 0.25) is 0 Å². The summed E-state index contributed by atoms with van der Waals surface area (Å²) < 4.78 is 0. The van der Waals surface area contributed by atoms with Crippen LogP contribution in [0.5, 0.6) is 0 Å². The number of nitrogens with two attached hydrogens (primary N) is 1. The minimum atomic E-state index is 0.447. The van der Waals surface area contributed by atoms with Gasteiger partial charge in [-0.05, 0) is 43.4 Å². The molecule has 0 amide bonds. The molecule has 4 heteroatoms. The molecule has 0 bridgehead atoms. The predicted molar refractivity (Wildman–Crippen MR) is 87.2 cm³/mol. The van der Waals surface area contributed by atoms with Crippen LogP contribution >= 0.6 is 23.8 Å². The highest BCUT2D eigenvalue weighted by atomic mass is 35.5. The molecule has 2 rings (SSSR count). The average molecular weight is 297 g/mol. The Bertz CT molecular complexity index is 461. The van der Waals surface area contributed by atoms with Crippen molar-refractivity contribution >= 4 is 34.5 Å². The number of halogens is 1. The Kier molecular flexibility index (Phi) is 5.06. The van der Waals surface area contributed by atoms with Crippen molar-refractivity contribution in [1.82, 2.24) is 0 Å². The third kappa shape index (κ3) is 3.61. The summed E-state index contributed by atoms with van der Waals surface area (Å²) in [5.41, 5.74) is 7.86. The second-order valence-electron chi connectivity index (χ2n) is 5.22. The van der Waals surface area contributed by atoms with Crippen molar-refractivity contribution in [2.45, 2.75) is 32.6 Å². The second-order valence-corrected chi connectivity index (χ2v) is 6.09. The highest BCUT2D eigenvalue weighted by Crippen LogP contribution is 2.29. The van der Waals surface area contributed by atoms with Crippen molar-refractivity contribution in [2.24, 2.45) is 11.7 Å². The van der Waals surface area contributed by atoms with Crippen LogP contribution < -0.4 is 10.6 Å². The molecule has 1 unspecified atom stereocenters. The summed E-state index contributed by atoms with van der Waals surface area (Å²) in [5.74, 6) is 0.845. The molecule has 0 spiro atoms. The van der Waals surface area contributed by atoms with E-state index in [9.17, 15) is 0 Å². The molecular weight excluding hydrogens is 276 g/mol. The van der Waals surface area contributed by atoms with Crippen LogP contribution in [0.15, 0.2) is 18.2 Å². The molecule has 1 saturated heterocycles. The van der Waals surface area contributed by atoms with Crippen LogP contribution in [0.25, 0.3) is 0 Å². The molecule has 1 atom stereocenters. The van der Waals surface area contributed by atoms with Crippen molar-refractivity contribution in [1.29, 1.82) is 0 Å². The molecule has 2 nitrogen and oxygen atoms in total. The van der Waals surface area contributed by atoms with Crippen molar-refractivity contribution < 1.29 is 0 Å². The maximum absolute atomic E-state index is 6.13. The standard InChI is InChI=1S/C15H21ClN2S/c1-2-11-4-3-8-18(9-7-11)14-10-12(16)5-6-13(14)15(17)19/h5-6,10-11H,2-4,7-9H2,1H3,(H2,17,19). The molecule has 0 saturated carbocycles. The van der Waals surface area contributed by atoms with Crippen molar-refractivity contribution in [3.63, 3.8) is 0 Å². The van der Waals surface area contributed by atoms with E-state index in [0.717, 1.165) is 35.3 Å². The van der Waals surface area contributed by atoms with E-state index in [4.69, 9.17) is 29.6 Å². The maximum Gasteiger partial charge on any atom is 0.106 e. The second kappa shape index (κ2) is 6.58. The first-order valence-corrected chi connectivity index (χ1v) is 7.74. The molecule has 1 fully saturated rings. The van der Waals surface area contributed by atoms with Gasteiger partial charge in [-0.3, -0.25) is 0 Å². The number of anilines is 1. The number of hydrogen-bond donors (Lipinski definition) is 1. The van der Waals surface area contributed by atoms with E-state index in [-0.39, 0.29) is 0 Å². The van der Waals surface area contributed by atoms with Gasteiger partial charge in [0.15, 0.2) is 0 Å². The minimum absolute atomic E-state index is 0.447. The summed E-state index contributed by atoms with van der Waals surface area (Å²) in [5, 5.41) is 0.742. The van der Waals surface area contributed by atoms with E-state index in [0.29, 0.717) is 4.99 Å². The van der Waals surface area contributed by atoms with Crippen LogP contribution in [0, 0.1) is 5.92 Å². The lowest BCUT2D eigenvalue weighted by Crippen LogP contribution is -2.27. The summed E-state index contributed by atoms with van der Waals surface area (Å²) >= 11 is 11.3. The van der Waals surface area contributed by atoms with Gasteiger partial charge >= 0.3 is 0 Å². The van der Waals surface area contributed by atoms with Gasteiger partial charge in [-0.15, -0.1) is 0 Å². The lowest BCUT2D eigenvalue weighted by molar-refractivity contribution is 0.459. The minimum Gasteiger partial charge on any atom is -0.389 e. The Morgan fingerprint density at radius 1 is 1.42 bits per heavy atom. The summed E-state index contributed by atoms with van der Waals surface area (Å²) in [4.78, 5) is 2.83. The molecule has 1 aromatic rings. The van der Waals surface area contributed by atoms with E-state index < -0.39 is 0 Å². The largest absolute Gasteiger partial charge is 0.389 e. The van der Waals surface area contributed by atoms with Crippen LogP contribution in [0.2, 0.25) is 5.02 Å². The van der Waals surface area contributed by atoms with Gasteiger partial charge in [-0.1, -0.05) is 37.2 Å². The molecule has 0 radical (unpaired) electrons. The van der Waals surface area contributed by atoms with Gasteiger partial charge in [0, 0.05) is 29.4 Å². The van der Waals surface area contributed by atoms with Crippen LogP contribution in [-0.4, -0.2) is 18.1 Å². The fraction of sp³-hybridized carbons (Fsp3) is 0.533. The number of nitrogens with zero attached hydrogens (tertiary/aromatic N) is 1. The Labute approximate surface area is 125 Å². The first kappa shape index (κ1) is 14.6. The molecule has 1 aliphatic heterocycles. The van der Waals surface area contributed by atoms with Crippen LogP contribution in [0.3, 0.4) is 0 Å². The van der Waals surface area contributed by atoms with Gasteiger partial charge < -0.3 is 10.6 Å². The lowest BCUT2D eigenvalue weighted by atomic mass is 9.98. The normalized spacial score (nSPS) is 20.1. The molecule has 0 aliphatic carbocycles. The highest BCUT2D eigenvalue weighted by molar-refractivity contribution is 7.80. The maximum atomic E-state index is 6.13. The quantitative estimate of drug-likeness (QED) is 0.855. The highest BCUT2D eigenvalue weighted by Gasteiger charge is 2.19. The number of benzene rings is 1. The molecule has 1 aromatic carbocycles. The summed E-state index contributed by atoms with van der Waals surface area (Å²) in [6.07, 6.45) is 5.04. The number of thiocarbonyl (C=S) groups is 1. The first-order valence-electron chi connectivity index (χ1n) is 6.96. The third-order valence-electron chi connectivity index (χ3n) is 3.99. The predicted octanol–water partition coefficient (Wildman–Crippen LogP) is 3.99. The van der Waals surface area contributed by atoms with Gasteiger partial charge in [-0.2, -0.15) is 0 Å². The topological polar surface area (TPSA) is 29.3 Å². The van der Waals surface area contributed by atoms with Crippen molar-refractivity contribution in [3.05, 3.63) is 28.8 Å². The van der Waals surface area contributed by atoms with Crippen LogP contribution in [-0.2, 0) is 0 Å². The molecular formula is C15H21ClN2S. The van der Waals surface area contributed by atoms with Crippen molar-refractivity contribution in [3.8, 4) is 0 Å². The summed E-state index contributed by atoms with van der Waals surface area (Å²) in [6.45, 7) is 4.40. The van der Waals surface area contributed by atoms with E-state index in [1.54, 1.807) is 0 Å². The smallest absolute Gasteiger partial charge is 0.106 e. The SMILES string of the molecule is CCC1CCCN(c2cc(Cl)ccc2C(N)=S)CC1. The monoisotopic (exact) mass is 296 g/mol. The summed E-state index contributed by atoms with van der Waals surface area (Å²) in [7, 11) is 0. The fourth-order valence-electron chi connectivity index (χ4n) is 2.79. The number of rotatable bonds is 3. The molecule has 2 N–H and O–H groups in total. The Hall–Kier alpha value is -0.800. The van der Waals surface area contributed by atoms with Gasteiger partial charge in [0.25, 0.3) is 0 Å². The van der Waals surface area contributed by atoms with E-state index in [1.807, 2.05) is 18.2 Å². The van der Waals surface area contributed by atoms with Crippen molar-refractivity contribution in [2.75, 3.05) is 18.0 Å². The molecule has 19 heavy (non-hydrogen) atoms. The number of hydrogen-bond acceptors (Lipinski definition) is 2. The lowest BCUT2D eigenvalue weighted by Gasteiger charge is -2.25. The van der Waals surface area contributed by atoms with Gasteiger partial charge in [-0.25, -0.2) is 0 Å². The Morgan fingerprint density at radius 2 is 2.21 bits per heavy atom. The molecule has 1 aliphatic rings.